The minimum atomic E-state index is -0.0336. The van der Waals surface area contributed by atoms with E-state index in [9.17, 15) is 4.79 Å². The highest BCUT2D eigenvalue weighted by Crippen LogP contribution is 2.33. The number of hydrogen-bond acceptors (Lipinski definition) is 4. The number of benzene rings is 2. The van der Waals surface area contributed by atoms with Gasteiger partial charge in [0.15, 0.2) is 11.5 Å². The van der Waals surface area contributed by atoms with E-state index in [1.165, 1.54) is 0 Å². The molecule has 1 N–H and O–H groups in total. The van der Waals surface area contributed by atoms with Crippen LogP contribution in [0.5, 0.6) is 11.5 Å². The number of carbonyl (C=O) groups is 1. The summed E-state index contributed by atoms with van der Waals surface area (Å²) in [6.45, 7) is 5.68. The van der Waals surface area contributed by atoms with Gasteiger partial charge in [0.1, 0.15) is 13.2 Å². The van der Waals surface area contributed by atoms with E-state index >= 15 is 0 Å². The van der Waals surface area contributed by atoms with Gasteiger partial charge in [0, 0.05) is 31.2 Å². The van der Waals surface area contributed by atoms with Gasteiger partial charge in [0.05, 0.1) is 5.92 Å². The maximum absolute atomic E-state index is 13.1. The second kappa shape index (κ2) is 9.31. The molecule has 1 saturated heterocycles. The van der Waals surface area contributed by atoms with Gasteiger partial charge in [-0.25, -0.2) is 0 Å². The number of ether oxygens (including phenoxy) is 2. The van der Waals surface area contributed by atoms with Gasteiger partial charge >= 0.3 is 0 Å². The van der Waals surface area contributed by atoms with E-state index < -0.39 is 0 Å². The number of amides is 1. The highest BCUT2D eigenvalue weighted by atomic mass is 16.6. The topological polar surface area (TPSA) is 50.8 Å². The Labute approximate surface area is 173 Å². The minimum absolute atomic E-state index is 0.0336. The predicted molar refractivity (Wildman–Crippen MR) is 113 cm³/mol. The third-order valence-electron chi connectivity index (χ3n) is 5.94. The number of likely N-dealkylation sites (tertiary alicyclic amines) is 1. The van der Waals surface area contributed by atoms with E-state index in [2.05, 4.69) is 30.4 Å². The van der Waals surface area contributed by atoms with Gasteiger partial charge in [0.2, 0.25) is 5.91 Å². The van der Waals surface area contributed by atoms with Crippen LogP contribution in [0.15, 0.2) is 48.5 Å². The number of nitrogens with zero attached hydrogens (tertiary/aromatic N) is 1. The van der Waals surface area contributed by atoms with Gasteiger partial charge in [-0.05, 0) is 30.9 Å². The Morgan fingerprint density at radius 3 is 2.59 bits per heavy atom. The molecule has 0 spiro atoms. The molecule has 0 bridgehead atoms. The quantitative estimate of drug-likeness (QED) is 0.811. The average molecular weight is 395 g/mol. The number of hydrogen-bond donors (Lipinski definition) is 1. The molecule has 4 rings (SSSR count). The Morgan fingerprint density at radius 2 is 1.83 bits per heavy atom. The van der Waals surface area contributed by atoms with Crippen molar-refractivity contribution in [1.82, 2.24) is 10.2 Å². The SMILES string of the molecule is CCC(C(=O)N1CCC(NCc2cccc3c2OCCO3)CC1)c1ccccc1. The molecule has 29 heavy (non-hydrogen) atoms. The fraction of sp³-hybridized carbons (Fsp3) is 0.458. The summed E-state index contributed by atoms with van der Waals surface area (Å²) in [4.78, 5) is 15.1. The molecular formula is C24H30N2O3. The highest BCUT2D eigenvalue weighted by Gasteiger charge is 2.28. The molecule has 0 saturated carbocycles. The molecule has 2 aromatic rings. The van der Waals surface area contributed by atoms with Crippen LogP contribution >= 0.6 is 0 Å². The molecule has 2 heterocycles. The van der Waals surface area contributed by atoms with Crippen molar-refractivity contribution in [1.29, 1.82) is 0 Å². The largest absolute Gasteiger partial charge is 0.486 e. The van der Waals surface area contributed by atoms with Crippen molar-refractivity contribution in [2.45, 2.75) is 44.7 Å². The van der Waals surface area contributed by atoms with Gasteiger partial charge in [-0.1, -0.05) is 49.4 Å². The molecule has 2 aliphatic heterocycles. The van der Waals surface area contributed by atoms with Crippen molar-refractivity contribution in [2.75, 3.05) is 26.3 Å². The van der Waals surface area contributed by atoms with E-state index in [0.29, 0.717) is 19.3 Å². The first kappa shape index (κ1) is 19.8. The molecular weight excluding hydrogens is 364 g/mol. The summed E-state index contributed by atoms with van der Waals surface area (Å²) in [6, 6.07) is 16.6. The number of carbonyl (C=O) groups excluding carboxylic acids is 1. The minimum Gasteiger partial charge on any atom is -0.486 e. The van der Waals surface area contributed by atoms with E-state index in [0.717, 1.165) is 61.5 Å². The smallest absolute Gasteiger partial charge is 0.230 e. The molecule has 1 unspecified atom stereocenters. The molecule has 1 atom stereocenters. The zero-order chi connectivity index (χ0) is 20.1. The Morgan fingerprint density at radius 1 is 1.07 bits per heavy atom. The standard InChI is InChI=1S/C24H30N2O3/c1-2-21(18-7-4-3-5-8-18)24(27)26-13-11-20(12-14-26)25-17-19-9-6-10-22-23(19)29-16-15-28-22/h3-10,20-21,25H,2,11-17H2,1H3. The molecule has 154 valence electrons. The maximum atomic E-state index is 13.1. The van der Waals surface area contributed by atoms with Crippen LogP contribution in [0, 0.1) is 0 Å². The van der Waals surface area contributed by atoms with Crippen molar-refractivity contribution >= 4 is 5.91 Å². The molecule has 0 aliphatic carbocycles. The Kier molecular flexibility index (Phi) is 6.35. The molecule has 5 heteroatoms. The van der Waals surface area contributed by atoms with E-state index in [-0.39, 0.29) is 11.8 Å². The lowest BCUT2D eigenvalue weighted by atomic mass is 9.93. The molecule has 1 fully saturated rings. The van der Waals surface area contributed by atoms with Crippen molar-refractivity contribution in [3.05, 3.63) is 59.7 Å². The van der Waals surface area contributed by atoms with Gasteiger partial charge < -0.3 is 19.7 Å². The summed E-state index contributed by atoms with van der Waals surface area (Å²) in [7, 11) is 0. The number of rotatable bonds is 6. The second-order valence-electron chi connectivity index (χ2n) is 7.79. The first-order valence-electron chi connectivity index (χ1n) is 10.7. The zero-order valence-corrected chi connectivity index (χ0v) is 17.1. The average Bonchev–Trinajstić information content (AvgIpc) is 2.79. The monoisotopic (exact) mass is 394 g/mol. The highest BCUT2D eigenvalue weighted by molar-refractivity contribution is 5.83. The second-order valence-corrected chi connectivity index (χ2v) is 7.79. The molecule has 2 aliphatic rings. The fourth-order valence-electron chi connectivity index (χ4n) is 4.29. The van der Waals surface area contributed by atoms with E-state index in [1.54, 1.807) is 0 Å². The molecule has 2 aromatic carbocycles. The maximum Gasteiger partial charge on any atom is 0.230 e. The number of para-hydroxylation sites is 1. The summed E-state index contributed by atoms with van der Waals surface area (Å²) in [6.07, 6.45) is 2.79. The predicted octanol–water partition coefficient (Wildman–Crippen LogP) is 3.73. The Balaban J connectivity index is 1.30. The fourth-order valence-corrected chi connectivity index (χ4v) is 4.29. The van der Waals surface area contributed by atoms with E-state index in [1.807, 2.05) is 35.2 Å². The van der Waals surface area contributed by atoms with Crippen LogP contribution in [-0.2, 0) is 11.3 Å². The van der Waals surface area contributed by atoms with Crippen molar-refractivity contribution in [2.24, 2.45) is 0 Å². The van der Waals surface area contributed by atoms with Gasteiger partial charge in [-0.15, -0.1) is 0 Å². The Hall–Kier alpha value is -2.53. The molecule has 0 aromatic heterocycles. The molecule has 0 radical (unpaired) electrons. The third kappa shape index (κ3) is 4.56. The lowest BCUT2D eigenvalue weighted by Gasteiger charge is -2.35. The van der Waals surface area contributed by atoms with Crippen LogP contribution in [-0.4, -0.2) is 43.2 Å². The van der Waals surface area contributed by atoms with Crippen molar-refractivity contribution in [3.8, 4) is 11.5 Å². The van der Waals surface area contributed by atoms with E-state index in [4.69, 9.17) is 9.47 Å². The zero-order valence-electron chi connectivity index (χ0n) is 17.1. The number of fused-ring (bicyclic) bond motifs is 1. The van der Waals surface area contributed by atoms with Crippen LogP contribution in [0.25, 0.3) is 0 Å². The first-order valence-corrected chi connectivity index (χ1v) is 10.7. The summed E-state index contributed by atoms with van der Waals surface area (Å²) in [5.74, 6) is 1.93. The van der Waals surface area contributed by atoms with Crippen LogP contribution in [0.2, 0.25) is 0 Å². The lowest BCUT2D eigenvalue weighted by Crippen LogP contribution is -2.46. The van der Waals surface area contributed by atoms with Crippen LogP contribution in [0.3, 0.4) is 0 Å². The summed E-state index contributed by atoms with van der Waals surface area (Å²) >= 11 is 0. The Bertz CT molecular complexity index is 816. The normalized spacial score (nSPS) is 17.8. The van der Waals surface area contributed by atoms with Gasteiger partial charge in [-0.2, -0.15) is 0 Å². The lowest BCUT2D eigenvalue weighted by molar-refractivity contribution is -0.134. The van der Waals surface area contributed by atoms with Crippen molar-refractivity contribution < 1.29 is 14.3 Å². The van der Waals surface area contributed by atoms with Crippen LogP contribution < -0.4 is 14.8 Å². The summed E-state index contributed by atoms with van der Waals surface area (Å²) in [5, 5.41) is 3.65. The number of piperidine rings is 1. The third-order valence-corrected chi connectivity index (χ3v) is 5.94. The van der Waals surface area contributed by atoms with Gasteiger partial charge in [0.25, 0.3) is 0 Å². The molecule has 5 nitrogen and oxygen atoms in total. The van der Waals surface area contributed by atoms with Crippen molar-refractivity contribution in [3.63, 3.8) is 0 Å². The number of nitrogens with one attached hydrogen (secondary N) is 1. The first-order chi connectivity index (χ1) is 14.3. The van der Waals surface area contributed by atoms with Crippen LogP contribution in [0.4, 0.5) is 0 Å². The summed E-state index contributed by atoms with van der Waals surface area (Å²) < 4.78 is 11.5. The molecule has 1 amide bonds. The van der Waals surface area contributed by atoms with Crippen LogP contribution in [0.1, 0.15) is 43.2 Å². The van der Waals surface area contributed by atoms with Gasteiger partial charge in [-0.3, -0.25) is 4.79 Å². The summed E-state index contributed by atoms with van der Waals surface area (Å²) in [5.41, 5.74) is 2.26.